The summed E-state index contributed by atoms with van der Waals surface area (Å²) in [6.07, 6.45) is 1.19. The van der Waals surface area contributed by atoms with Crippen molar-refractivity contribution >= 4 is 10.8 Å². The Morgan fingerprint density at radius 1 is 0.658 bits per heavy atom. The molecule has 4 aromatic carbocycles. The van der Waals surface area contributed by atoms with E-state index >= 15 is 4.39 Å². The second-order valence-corrected chi connectivity index (χ2v) is 9.06. The van der Waals surface area contributed by atoms with Gasteiger partial charge in [-0.05, 0) is 72.3 Å². The van der Waals surface area contributed by atoms with Crippen LogP contribution < -0.4 is 0 Å². The molecule has 192 valence electrons. The summed E-state index contributed by atoms with van der Waals surface area (Å²) in [4.78, 5) is 0. The van der Waals surface area contributed by atoms with Crippen LogP contribution in [0.3, 0.4) is 0 Å². The van der Waals surface area contributed by atoms with E-state index in [9.17, 15) is 17.6 Å². The highest BCUT2D eigenvalue weighted by atomic mass is 19.4. The Bertz CT molecular complexity index is 1560. The van der Waals surface area contributed by atoms with Gasteiger partial charge in [-0.2, -0.15) is 13.2 Å². The van der Waals surface area contributed by atoms with E-state index in [2.05, 4.69) is 42.7 Å². The highest BCUT2D eigenvalue weighted by Gasteiger charge is 2.33. The average molecular weight is 517 g/mol. The minimum absolute atomic E-state index is 0.0187. The maximum absolute atomic E-state index is 15.1. The lowest BCUT2D eigenvalue weighted by Crippen LogP contribution is -2.07. The molecule has 38 heavy (non-hydrogen) atoms. The Kier molecular flexibility index (Phi) is 8.49. The number of aryl methyl sites for hydroxylation is 1. The molecule has 4 rings (SSSR count). The number of halogens is 5. The van der Waals surface area contributed by atoms with Crippen LogP contribution in [-0.2, 0) is 12.6 Å². The molecule has 0 aliphatic rings. The molecule has 0 nitrogen and oxygen atoms in total. The van der Waals surface area contributed by atoms with Gasteiger partial charge in [0.05, 0.1) is 11.1 Å². The van der Waals surface area contributed by atoms with Gasteiger partial charge in [-0.25, -0.2) is 8.78 Å². The number of unbranched alkanes of at least 4 members (excludes halogenated alkanes) is 3. The maximum Gasteiger partial charge on any atom is 0.419 e. The van der Waals surface area contributed by atoms with Gasteiger partial charge < -0.3 is 0 Å². The molecular formula is C33H25F5. The van der Waals surface area contributed by atoms with Gasteiger partial charge in [0.2, 0.25) is 0 Å². The first-order valence-corrected chi connectivity index (χ1v) is 12.5. The van der Waals surface area contributed by atoms with Crippen molar-refractivity contribution in [3.63, 3.8) is 0 Å². The summed E-state index contributed by atoms with van der Waals surface area (Å²) in [5.74, 6) is 9.41. The van der Waals surface area contributed by atoms with Crippen LogP contribution in [0.25, 0.3) is 10.8 Å². The van der Waals surface area contributed by atoms with Crippen LogP contribution >= 0.6 is 0 Å². The normalized spacial score (nSPS) is 11.0. The summed E-state index contributed by atoms with van der Waals surface area (Å²) in [6.45, 7) is 2.20. The predicted octanol–water partition coefficient (Wildman–Crippen LogP) is 9.06. The first kappa shape index (κ1) is 27.0. The van der Waals surface area contributed by atoms with Gasteiger partial charge >= 0.3 is 6.18 Å². The van der Waals surface area contributed by atoms with Crippen LogP contribution in [0.4, 0.5) is 22.0 Å². The molecule has 4 aromatic rings. The molecular weight excluding hydrogens is 491 g/mol. The van der Waals surface area contributed by atoms with Gasteiger partial charge in [0.25, 0.3) is 0 Å². The molecule has 0 bridgehead atoms. The van der Waals surface area contributed by atoms with E-state index in [0.717, 1.165) is 23.6 Å². The summed E-state index contributed by atoms with van der Waals surface area (Å²) in [6, 6.07) is 18.9. The zero-order valence-corrected chi connectivity index (χ0v) is 20.9. The average Bonchev–Trinajstić information content (AvgIpc) is 2.89. The number of benzene rings is 4. The smallest absolute Gasteiger partial charge is 0.206 e. The third-order valence-electron chi connectivity index (χ3n) is 6.19. The molecule has 0 aliphatic heterocycles. The zero-order valence-electron chi connectivity index (χ0n) is 20.9. The standard InChI is InChI=1S/C33H25F5/c1-2-3-4-5-6-23-7-9-24(10-8-23)11-12-25-14-19-29-28(21-25)18-17-27(32(29)35)16-13-26-15-20-30(31(34)22-26)33(36,37)38/h7-10,14-15,17-22H,2-6H2,1H3. The number of hydrogen-bond donors (Lipinski definition) is 0. The van der Waals surface area contributed by atoms with Gasteiger partial charge in [0, 0.05) is 22.1 Å². The summed E-state index contributed by atoms with van der Waals surface area (Å²) < 4.78 is 67.0. The number of alkyl halides is 3. The highest BCUT2D eigenvalue weighted by Crippen LogP contribution is 2.31. The molecule has 0 unspecified atom stereocenters. The molecule has 0 spiro atoms. The van der Waals surface area contributed by atoms with Crippen LogP contribution in [0.2, 0.25) is 0 Å². The van der Waals surface area contributed by atoms with Crippen molar-refractivity contribution in [2.24, 2.45) is 0 Å². The van der Waals surface area contributed by atoms with Crippen LogP contribution in [0.15, 0.2) is 72.8 Å². The molecule has 0 saturated heterocycles. The molecule has 0 aromatic heterocycles. The van der Waals surface area contributed by atoms with Crippen LogP contribution in [0.1, 0.15) is 66.0 Å². The summed E-state index contributed by atoms with van der Waals surface area (Å²) >= 11 is 0. The van der Waals surface area contributed by atoms with E-state index < -0.39 is 23.4 Å². The van der Waals surface area contributed by atoms with Crippen LogP contribution in [0, 0.1) is 35.3 Å². The Labute approximate surface area is 219 Å². The molecule has 0 saturated carbocycles. The fraction of sp³-hybridized carbons (Fsp3) is 0.212. The third kappa shape index (κ3) is 6.81. The first-order valence-electron chi connectivity index (χ1n) is 12.5. The zero-order chi connectivity index (χ0) is 27.1. The highest BCUT2D eigenvalue weighted by molar-refractivity contribution is 5.86. The molecule has 0 amide bonds. The van der Waals surface area contributed by atoms with Crippen molar-refractivity contribution < 1.29 is 22.0 Å². The second kappa shape index (κ2) is 12.0. The minimum Gasteiger partial charge on any atom is -0.206 e. The summed E-state index contributed by atoms with van der Waals surface area (Å²) in [7, 11) is 0. The van der Waals surface area contributed by atoms with Gasteiger partial charge in [0.15, 0.2) is 0 Å². The molecule has 0 heterocycles. The lowest BCUT2D eigenvalue weighted by molar-refractivity contribution is -0.140. The first-order chi connectivity index (χ1) is 18.2. The van der Waals surface area contributed by atoms with Crippen molar-refractivity contribution in [2.75, 3.05) is 0 Å². The van der Waals surface area contributed by atoms with E-state index in [1.807, 2.05) is 12.1 Å². The molecule has 0 atom stereocenters. The quantitative estimate of drug-likeness (QED) is 0.141. The predicted molar refractivity (Wildman–Crippen MR) is 142 cm³/mol. The SMILES string of the molecule is CCCCCCc1ccc(C#Cc2ccc3c(F)c(C#Cc4ccc(C(F)(F)F)c(F)c4)ccc3c2)cc1. The Morgan fingerprint density at radius 2 is 1.32 bits per heavy atom. The lowest BCUT2D eigenvalue weighted by atomic mass is 10.0. The van der Waals surface area contributed by atoms with E-state index in [0.29, 0.717) is 22.9 Å². The van der Waals surface area contributed by atoms with Crippen molar-refractivity contribution in [1.29, 1.82) is 0 Å². The fourth-order valence-electron chi connectivity index (χ4n) is 4.08. The van der Waals surface area contributed by atoms with Gasteiger partial charge in [-0.3, -0.25) is 0 Å². The maximum atomic E-state index is 15.1. The monoisotopic (exact) mass is 516 g/mol. The van der Waals surface area contributed by atoms with Crippen molar-refractivity contribution in [3.05, 3.63) is 118 Å². The van der Waals surface area contributed by atoms with Gasteiger partial charge in [-0.1, -0.05) is 74.1 Å². The van der Waals surface area contributed by atoms with E-state index in [1.54, 1.807) is 24.3 Å². The minimum atomic E-state index is -4.79. The van der Waals surface area contributed by atoms with Crippen molar-refractivity contribution in [1.82, 2.24) is 0 Å². The number of hydrogen-bond acceptors (Lipinski definition) is 0. The Morgan fingerprint density at radius 3 is 2.03 bits per heavy atom. The molecule has 0 N–H and O–H groups in total. The molecule has 0 aliphatic carbocycles. The third-order valence-corrected chi connectivity index (χ3v) is 6.19. The number of fused-ring (bicyclic) bond motifs is 1. The fourth-order valence-corrected chi connectivity index (χ4v) is 4.08. The van der Waals surface area contributed by atoms with E-state index in [1.165, 1.54) is 37.3 Å². The largest absolute Gasteiger partial charge is 0.419 e. The van der Waals surface area contributed by atoms with Gasteiger partial charge in [0.1, 0.15) is 11.6 Å². The van der Waals surface area contributed by atoms with Crippen LogP contribution in [-0.4, -0.2) is 0 Å². The topological polar surface area (TPSA) is 0 Å². The Balaban J connectivity index is 1.49. The van der Waals surface area contributed by atoms with E-state index in [4.69, 9.17) is 0 Å². The van der Waals surface area contributed by atoms with Gasteiger partial charge in [-0.15, -0.1) is 0 Å². The van der Waals surface area contributed by atoms with Crippen LogP contribution in [0.5, 0.6) is 0 Å². The van der Waals surface area contributed by atoms with E-state index in [-0.39, 0.29) is 11.1 Å². The Hall–Kier alpha value is -4.09. The summed E-state index contributed by atoms with van der Waals surface area (Å²) in [5, 5.41) is 0.983. The number of rotatable bonds is 5. The molecule has 0 fully saturated rings. The molecule has 0 radical (unpaired) electrons. The van der Waals surface area contributed by atoms with Crippen molar-refractivity contribution in [2.45, 2.75) is 45.2 Å². The lowest BCUT2D eigenvalue weighted by Gasteiger charge is -2.07. The second-order valence-electron chi connectivity index (χ2n) is 9.06. The summed E-state index contributed by atoms with van der Waals surface area (Å²) in [5.41, 5.74) is 1.65. The molecule has 5 heteroatoms. The van der Waals surface area contributed by atoms with Crippen molar-refractivity contribution in [3.8, 4) is 23.7 Å².